The van der Waals surface area contributed by atoms with E-state index >= 15 is 0 Å². The molecule has 6 aromatic rings. The molecule has 10 rings (SSSR count). The first-order valence-corrected chi connectivity index (χ1v) is 17.1. The molecule has 3 aliphatic carbocycles. The summed E-state index contributed by atoms with van der Waals surface area (Å²) in [5.74, 6) is 0.448. The number of fused-ring (bicyclic) bond motifs is 12. The van der Waals surface area contributed by atoms with Gasteiger partial charge in [-0.1, -0.05) is 133 Å². The summed E-state index contributed by atoms with van der Waals surface area (Å²) in [6, 6.07) is 52.4. The molecule has 2 unspecified atom stereocenters. The minimum atomic E-state index is -0.377. The summed E-state index contributed by atoms with van der Waals surface area (Å²) in [6.45, 7) is 0. The van der Waals surface area contributed by atoms with Crippen LogP contribution in [-0.2, 0) is 11.8 Å². The van der Waals surface area contributed by atoms with Crippen molar-refractivity contribution in [3.8, 4) is 11.1 Å². The van der Waals surface area contributed by atoms with Gasteiger partial charge >= 0.3 is 0 Å². The van der Waals surface area contributed by atoms with E-state index in [2.05, 4.69) is 169 Å². The van der Waals surface area contributed by atoms with Gasteiger partial charge in [-0.05, 0) is 81.3 Å². The Morgan fingerprint density at radius 1 is 0.565 bits per heavy atom. The predicted molar refractivity (Wildman–Crippen MR) is 192 cm³/mol. The van der Waals surface area contributed by atoms with E-state index in [1.807, 2.05) is 11.8 Å². The van der Waals surface area contributed by atoms with Crippen molar-refractivity contribution in [2.75, 3.05) is 4.90 Å². The molecule has 46 heavy (non-hydrogen) atoms. The van der Waals surface area contributed by atoms with Crippen LogP contribution < -0.4 is 4.90 Å². The van der Waals surface area contributed by atoms with Crippen molar-refractivity contribution >= 4 is 28.8 Å². The molecule has 2 atom stereocenters. The lowest BCUT2D eigenvalue weighted by molar-refractivity contribution is 0.722. The molecule has 1 aliphatic heterocycles. The lowest BCUT2D eigenvalue weighted by Crippen LogP contribution is -2.34. The lowest BCUT2D eigenvalue weighted by atomic mass is 9.61. The van der Waals surface area contributed by atoms with Gasteiger partial charge in [-0.3, -0.25) is 0 Å². The van der Waals surface area contributed by atoms with Gasteiger partial charge in [-0.15, -0.1) is 11.8 Å². The summed E-state index contributed by atoms with van der Waals surface area (Å²) >= 11 is 1.99. The lowest BCUT2D eigenvalue weighted by Gasteiger charge is -2.40. The molecule has 0 bridgehead atoms. The van der Waals surface area contributed by atoms with Crippen molar-refractivity contribution in [2.45, 2.75) is 27.9 Å². The third kappa shape index (κ3) is 3.54. The Morgan fingerprint density at radius 3 is 2.04 bits per heavy atom. The van der Waals surface area contributed by atoms with Gasteiger partial charge in [-0.2, -0.15) is 0 Å². The second-order valence-corrected chi connectivity index (χ2v) is 14.0. The first kappa shape index (κ1) is 26.2. The van der Waals surface area contributed by atoms with E-state index in [1.165, 1.54) is 72.0 Å². The minimum absolute atomic E-state index is 0.377. The van der Waals surface area contributed by atoms with Crippen molar-refractivity contribution in [1.29, 1.82) is 0 Å². The van der Waals surface area contributed by atoms with Crippen molar-refractivity contribution in [2.24, 2.45) is 0 Å². The Balaban J connectivity index is 1.26. The van der Waals surface area contributed by atoms with Crippen LogP contribution >= 0.6 is 11.8 Å². The first-order chi connectivity index (χ1) is 22.8. The van der Waals surface area contributed by atoms with E-state index < -0.39 is 0 Å². The van der Waals surface area contributed by atoms with Gasteiger partial charge in [0.2, 0.25) is 0 Å². The molecule has 0 saturated heterocycles. The average Bonchev–Trinajstić information content (AvgIpc) is 3.63. The molecule has 0 N–H and O–H groups in total. The number of anilines is 3. The number of nitrogens with zero attached hydrogens (tertiary/aromatic N) is 1. The van der Waals surface area contributed by atoms with Crippen LogP contribution in [0.15, 0.2) is 169 Å². The summed E-state index contributed by atoms with van der Waals surface area (Å²) in [5, 5.41) is 0.472. The Morgan fingerprint density at radius 2 is 1.24 bits per heavy atom. The van der Waals surface area contributed by atoms with Crippen LogP contribution in [-0.4, -0.2) is 5.25 Å². The quantitative estimate of drug-likeness (QED) is 0.197. The number of allylic oxidation sites excluding steroid dienone is 3. The van der Waals surface area contributed by atoms with Crippen LogP contribution in [0.4, 0.5) is 17.1 Å². The van der Waals surface area contributed by atoms with Gasteiger partial charge in [0.1, 0.15) is 0 Å². The second-order valence-electron chi connectivity index (χ2n) is 12.8. The topological polar surface area (TPSA) is 3.24 Å². The van der Waals surface area contributed by atoms with E-state index in [9.17, 15) is 0 Å². The molecule has 2 heteroatoms. The van der Waals surface area contributed by atoms with Crippen molar-refractivity contribution < 1.29 is 0 Å². The minimum Gasteiger partial charge on any atom is -0.310 e. The summed E-state index contributed by atoms with van der Waals surface area (Å²) in [4.78, 5) is 3.87. The number of rotatable bonds is 3. The SMILES string of the molecule is C1=CC2Sc3cc(N(c4ccccc4)c4cccc5c4-c4ccccc4C54c5ccccc5Cc5ccccc54)ccc3C2C=C1. The van der Waals surface area contributed by atoms with Crippen LogP contribution in [0, 0.1) is 0 Å². The van der Waals surface area contributed by atoms with E-state index in [0.717, 1.165) is 6.42 Å². The first-order valence-electron chi connectivity index (χ1n) is 16.2. The molecule has 6 aromatic carbocycles. The van der Waals surface area contributed by atoms with Crippen LogP contribution in [0.5, 0.6) is 0 Å². The van der Waals surface area contributed by atoms with E-state index in [-0.39, 0.29) is 5.41 Å². The molecule has 0 saturated carbocycles. The van der Waals surface area contributed by atoms with Crippen molar-refractivity contribution in [1.82, 2.24) is 0 Å². The second kappa shape index (κ2) is 9.97. The predicted octanol–water partition coefficient (Wildman–Crippen LogP) is 11.1. The third-order valence-electron chi connectivity index (χ3n) is 10.5. The monoisotopic (exact) mass is 605 g/mol. The van der Waals surface area contributed by atoms with Crippen molar-refractivity contribution in [3.05, 3.63) is 203 Å². The highest BCUT2D eigenvalue weighted by atomic mass is 32.2. The number of benzene rings is 6. The van der Waals surface area contributed by atoms with Crippen LogP contribution in [0.25, 0.3) is 11.1 Å². The highest BCUT2D eigenvalue weighted by Crippen LogP contribution is 2.62. The van der Waals surface area contributed by atoms with E-state index in [1.54, 1.807) is 0 Å². The summed E-state index contributed by atoms with van der Waals surface area (Å²) in [5.41, 5.74) is 15.6. The zero-order chi connectivity index (χ0) is 30.2. The number of para-hydroxylation sites is 1. The third-order valence-corrected chi connectivity index (χ3v) is 11.8. The standard InChI is InChI=1S/C44H31NS/c1-2-15-31(16-3-1)45(32-25-26-34-33-17-7-11-24-41(33)46-42(34)28-32)40-23-12-22-39-43(40)35-18-6-10-21-38(35)44(39)36-19-8-4-13-29(36)27-30-14-5-9-20-37(30)44/h1-26,28,33,41H,27H2. The van der Waals surface area contributed by atoms with Crippen LogP contribution in [0.3, 0.4) is 0 Å². The molecule has 0 aromatic heterocycles. The molecule has 0 fully saturated rings. The Hall–Kier alpha value is -5.05. The fourth-order valence-corrected chi connectivity index (χ4v) is 10.1. The van der Waals surface area contributed by atoms with Crippen molar-refractivity contribution in [3.63, 3.8) is 0 Å². The normalized spacial score (nSPS) is 18.7. The molecule has 1 nitrogen and oxygen atoms in total. The molecular formula is C44H31NS. The highest BCUT2D eigenvalue weighted by molar-refractivity contribution is 8.00. The number of thioether (sulfide) groups is 1. The molecule has 0 amide bonds. The van der Waals surface area contributed by atoms with Crippen LogP contribution in [0.1, 0.15) is 44.9 Å². The smallest absolute Gasteiger partial charge is 0.0719 e. The molecule has 0 radical (unpaired) electrons. The maximum absolute atomic E-state index is 2.49. The maximum atomic E-state index is 2.49. The molecule has 1 heterocycles. The summed E-state index contributed by atoms with van der Waals surface area (Å²) in [7, 11) is 0. The highest BCUT2D eigenvalue weighted by Gasteiger charge is 2.50. The summed E-state index contributed by atoms with van der Waals surface area (Å²) < 4.78 is 0. The van der Waals surface area contributed by atoms with Crippen LogP contribution in [0.2, 0.25) is 0 Å². The van der Waals surface area contributed by atoms with Gasteiger partial charge < -0.3 is 4.90 Å². The number of hydrogen-bond donors (Lipinski definition) is 0. The fraction of sp³-hybridized carbons (Fsp3) is 0.0909. The van der Waals surface area contributed by atoms with E-state index in [4.69, 9.17) is 0 Å². The fourth-order valence-electron chi connectivity index (χ4n) is 8.68. The van der Waals surface area contributed by atoms with Gasteiger partial charge in [-0.25, -0.2) is 0 Å². The number of hydrogen-bond acceptors (Lipinski definition) is 2. The molecule has 4 aliphatic rings. The average molecular weight is 606 g/mol. The Kier molecular flexibility index (Phi) is 5.68. The van der Waals surface area contributed by atoms with Gasteiger partial charge in [0.25, 0.3) is 0 Å². The molecule has 218 valence electrons. The molecule has 1 spiro atoms. The van der Waals surface area contributed by atoms with Gasteiger partial charge in [0, 0.05) is 33.0 Å². The zero-order valence-corrected chi connectivity index (χ0v) is 26.1. The largest absolute Gasteiger partial charge is 0.310 e. The van der Waals surface area contributed by atoms with Gasteiger partial charge in [0.15, 0.2) is 0 Å². The summed E-state index contributed by atoms with van der Waals surface area (Å²) in [6.07, 6.45) is 10.1. The van der Waals surface area contributed by atoms with Gasteiger partial charge in [0.05, 0.1) is 11.1 Å². The molecular weight excluding hydrogens is 575 g/mol. The maximum Gasteiger partial charge on any atom is 0.0719 e. The van der Waals surface area contributed by atoms with E-state index in [0.29, 0.717) is 11.2 Å². The Bertz CT molecular complexity index is 2200. The zero-order valence-electron chi connectivity index (χ0n) is 25.3. The Labute approximate surface area is 274 Å².